The van der Waals surface area contributed by atoms with E-state index < -0.39 is 17.4 Å². The third-order valence-electron chi connectivity index (χ3n) is 8.66. The summed E-state index contributed by atoms with van der Waals surface area (Å²) < 4.78 is 39.8. The van der Waals surface area contributed by atoms with E-state index in [0.717, 1.165) is 48.4 Å². The second-order valence-electron chi connectivity index (χ2n) is 11.7. The highest BCUT2D eigenvalue weighted by Crippen LogP contribution is 2.49. The Balaban J connectivity index is 1.09. The van der Waals surface area contributed by atoms with Gasteiger partial charge in [-0.05, 0) is 69.1 Å². The second-order valence-corrected chi connectivity index (χ2v) is 12.1. The van der Waals surface area contributed by atoms with Crippen molar-refractivity contribution in [3.63, 3.8) is 0 Å². The quantitative estimate of drug-likeness (QED) is 0.232. The minimum atomic E-state index is -1.29. The van der Waals surface area contributed by atoms with Gasteiger partial charge in [-0.3, -0.25) is 19.4 Å². The summed E-state index contributed by atoms with van der Waals surface area (Å²) in [6, 6.07) is 12.2. The monoisotopic (exact) mass is 634 g/mol. The first kappa shape index (κ1) is 29.5. The van der Waals surface area contributed by atoms with Crippen LogP contribution in [0.1, 0.15) is 49.6 Å². The van der Waals surface area contributed by atoms with Gasteiger partial charge in [0.15, 0.2) is 11.5 Å². The van der Waals surface area contributed by atoms with Crippen molar-refractivity contribution in [1.82, 2.24) is 29.6 Å². The molecule has 13 heteroatoms. The summed E-state index contributed by atoms with van der Waals surface area (Å²) in [7, 11) is 1.69. The molecule has 1 saturated heterocycles. The van der Waals surface area contributed by atoms with Crippen molar-refractivity contribution in [1.29, 1.82) is 0 Å². The third kappa shape index (κ3) is 5.58. The van der Waals surface area contributed by atoms with Crippen molar-refractivity contribution in [2.45, 2.75) is 57.6 Å². The van der Waals surface area contributed by atoms with Crippen LogP contribution >= 0.6 is 11.6 Å². The standard InChI is InChI=1S/C32H32ClFN6O5/c1-18(42-3)16-40-26-15-35-25(30-37-31(41)45-38-30)14-24(26)36-28(40)17-39-11-9-19(10-12-39)21-5-4-6-27-29(21)44-32(2,43-27)22-8-7-20(33)13-23(22)34/h4-8,13-15,18-19H,9-12,16-17H2,1-3H3,(H,37,38,41)/t18-,32-/m0/s1. The van der Waals surface area contributed by atoms with E-state index in [2.05, 4.69) is 35.2 Å². The second kappa shape index (κ2) is 11.6. The summed E-state index contributed by atoms with van der Waals surface area (Å²) in [5.74, 6) is 0.280. The molecule has 2 aliphatic rings. The van der Waals surface area contributed by atoms with Gasteiger partial charge < -0.3 is 18.8 Å². The molecule has 234 valence electrons. The lowest BCUT2D eigenvalue weighted by molar-refractivity contribution is -0.0712. The first-order valence-corrected chi connectivity index (χ1v) is 15.2. The van der Waals surface area contributed by atoms with Crippen molar-refractivity contribution in [3.8, 4) is 23.0 Å². The minimum absolute atomic E-state index is 0.0344. The molecule has 11 nitrogen and oxygen atoms in total. The maximum Gasteiger partial charge on any atom is 0.439 e. The fourth-order valence-corrected chi connectivity index (χ4v) is 6.40. The van der Waals surface area contributed by atoms with Gasteiger partial charge in [0.25, 0.3) is 5.79 Å². The lowest BCUT2D eigenvalue weighted by Gasteiger charge is -2.32. The van der Waals surface area contributed by atoms with E-state index in [1.807, 2.05) is 19.1 Å². The van der Waals surface area contributed by atoms with Crippen LogP contribution < -0.4 is 15.2 Å². The number of nitrogens with zero attached hydrogens (tertiary/aromatic N) is 5. The number of H-pyrrole nitrogens is 1. The Kier molecular flexibility index (Phi) is 7.58. The van der Waals surface area contributed by atoms with Gasteiger partial charge in [0.1, 0.15) is 17.3 Å². The molecule has 1 N–H and O–H groups in total. The molecule has 5 aromatic rings. The van der Waals surface area contributed by atoms with Crippen LogP contribution in [0, 0.1) is 5.82 Å². The maximum absolute atomic E-state index is 14.8. The van der Waals surface area contributed by atoms with Crippen molar-refractivity contribution in [2.75, 3.05) is 20.2 Å². The summed E-state index contributed by atoms with van der Waals surface area (Å²) >= 11 is 5.98. The number of imidazole rings is 1. The van der Waals surface area contributed by atoms with E-state index in [4.69, 9.17) is 30.8 Å². The number of rotatable bonds is 8. The summed E-state index contributed by atoms with van der Waals surface area (Å²) in [5.41, 5.74) is 3.45. The van der Waals surface area contributed by atoms with Crippen LogP contribution in [0.4, 0.5) is 4.39 Å². The van der Waals surface area contributed by atoms with Crippen molar-refractivity contribution >= 4 is 22.6 Å². The summed E-state index contributed by atoms with van der Waals surface area (Å²) in [6.07, 6.45) is 3.52. The fraction of sp³-hybridized carbons (Fsp3) is 0.375. The van der Waals surface area contributed by atoms with Gasteiger partial charge in [0.2, 0.25) is 5.82 Å². The van der Waals surface area contributed by atoms with E-state index in [1.165, 1.54) is 6.07 Å². The zero-order chi connectivity index (χ0) is 31.3. The third-order valence-corrected chi connectivity index (χ3v) is 8.90. The lowest BCUT2D eigenvalue weighted by Crippen LogP contribution is -2.34. The Hall–Kier alpha value is -4.26. The van der Waals surface area contributed by atoms with Gasteiger partial charge in [0.05, 0.1) is 42.0 Å². The number of methoxy groups -OCH3 is 1. The molecule has 0 saturated carbocycles. The number of aromatic amines is 1. The summed E-state index contributed by atoms with van der Waals surface area (Å²) in [6.45, 7) is 6.70. The number of aromatic nitrogens is 5. The SMILES string of the molecule is CO[C@@H](C)Cn1c(CN2CCC(c3cccc4c3O[C@@](C)(c3ccc(Cl)cc3F)O4)CC2)nc2cc(-c3noc(=O)[nH]3)ncc21. The number of halogens is 2. The molecule has 0 radical (unpaired) electrons. The van der Waals surface area contributed by atoms with Crippen molar-refractivity contribution < 1.29 is 23.1 Å². The van der Waals surface area contributed by atoms with Crippen LogP contribution in [0.25, 0.3) is 22.6 Å². The average molecular weight is 635 g/mol. The molecule has 5 heterocycles. The molecule has 2 aliphatic heterocycles. The summed E-state index contributed by atoms with van der Waals surface area (Å²) in [5, 5.41) is 4.07. The van der Waals surface area contributed by atoms with Crippen LogP contribution in [0.15, 0.2) is 58.0 Å². The van der Waals surface area contributed by atoms with Crippen LogP contribution in [-0.2, 0) is 23.6 Å². The number of piperidine rings is 1. The molecule has 0 unspecified atom stereocenters. The number of ether oxygens (including phenoxy) is 3. The molecule has 0 amide bonds. The molecule has 0 aliphatic carbocycles. The number of para-hydroxylation sites is 1. The van der Waals surface area contributed by atoms with E-state index >= 15 is 0 Å². The topological polar surface area (TPSA) is 121 Å². The largest absolute Gasteiger partial charge is 0.444 e. The number of pyridine rings is 1. The molecule has 0 bridgehead atoms. The van der Waals surface area contributed by atoms with Gasteiger partial charge in [-0.1, -0.05) is 28.9 Å². The number of hydrogen-bond donors (Lipinski definition) is 1. The van der Waals surface area contributed by atoms with Crippen LogP contribution in [-0.4, -0.2) is 55.9 Å². The predicted octanol–water partition coefficient (Wildman–Crippen LogP) is 5.63. The fourth-order valence-electron chi connectivity index (χ4n) is 6.24. The molecular weight excluding hydrogens is 603 g/mol. The normalized spacial score (nSPS) is 19.4. The minimum Gasteiger partial charge on any atom is -0.444 e. The summed E-state index contributed by atoms with van der Waals surface area (Å²) in [4.78, 5) is 25.9. The van der Waals surface area contributed by atoms with Crippen LogP contribution in [0.5, 0.6) is 11.5 Å². The average Bonchev–Trinajstić information content (AvgIpc) is 3.71. The van der Waals surface area contributed by atoms with E-state index in [1.54, 1.807) is 38.4 Å². The highest BCUT2D eigenvalue weighted by atomic mass is 35.5. The van der Waals surface area contributed by atoms with Gasteiger partial charge >= 0.3 is 5.76 Å². The van der Waals surface area contributed by atoms with Gasteiger partial charge in [-0.2, -0.15) is 0 Å². The molecular formula is C32H32ClFN6O5. The van der Waals surface area contributed by atoms with Crippen LogP contribution in [0.2, 0.25) is 5.02 Å². The molecule has 7 rings (SSSR count). The van der Waals surface area contributed by atoms with E-state index in [9.17, 15) is 9.18 Å². The smallest absolute Gasteiger partial charge is 0.439 e. The predicted molar refractivity (Wildman–Crippen MR) is 164 cm³/mol. The van der Waals surface area contributed by atoms with E-state index in [0.29, 0.717) is 40.9 Å². The maximum atomic E-state index is 14.8. The Morgan fingerprint density at radius 1 is 1.20 bits per heavy atom. The van der Waals surface area contributed by atoms with Gasteiger partial charge in [-0.15, -0.1) is 0 Å². The molecule has 3 aromatic heterocycles. The van der Waals surface area contributed by atoms with Gasteiger partial charge in [-0.25, -0.2) is 14.2 Å². The Labute approximate surface area is 262 Å². The number of fused-ring (bicyclic) bond motifs is 2. The Bertz CT molecular complexity index is 1930. The molecule has 1 fully saturated rings. The molecule has 0 spiro atoms. The molecule has 45 heavy (non-hydrogen) atoms. The highest BCUT2D eigenvalue weighted by molar-refractivity contribution is 6.30. The Morgan fingerprint density at radius 3 is 2.76 bits per heavy atom. The molecule has 2 atom stereocenters. The first-order valence-electron chi connectivity index (χ1n) is 14.8. The lowest BCUT2D eigenvalue weighted by atomic mass is 9.88. The van der Waals surface area contributed by atoms with E-state index in [-0.39, 0.29) is 17.8 Å². The Morgan fingerprint density at radius 2 is 2.02 bits per heavy atom. The van der Waals surface area contributed by atoms with Gasteiger partial charge in [0, 0.05) is 24.6 Å². The van der Waals surface area contributed by atoms with Crippen molar-refractivity contribution in [2.24, 2.45) is 0 Å². The zero-order valence-electron chi connectivity index (χ0n) is 25.0. The zero-order valence-corrected chi connectivity index (χ0v) is 25.8. The molecule has 2 aromatic carbocycles. The number of nitrogens with one attached hydrogen (secondary N) is 1. The highest BCUT2D eigenvalue weighted by Gasteiger charge is 2.43. The first-order chi connectivity index (χ1) is 21.7. The van der Waals surface area contributed by atoms with Crippen LogP contribution in [0.3, 0.4) is 0 Å². The van der Waals surface area contributed by atoms with Crippen molar-refractivity contribution in [3.05, 3.63) is 87.0 Å². The number of likely N-dealkylation sites (tertiary alicyclic amines) is 1. The number of hydrogen-bond acceptors (Lipinski definition) is 9. The number of benzene rings is 2.